The fourth-order valence-electron chi connectivity index (χ4n) is 2.17. The van der Waals surface area contributed by atoms with Crippen molar-refractivity contribution in [2.45, 2.75) is 79.0 Å². The molecule has 0 saturated carbocycles. The summed E-state index contributed by atoms with van der Waals surface area (Å²) in [6, 6.07) is 4.42. The molecular weight excluding hydrogens is 278 g/mol. The summed E-state index contributed by atoms with van der Waals surface area (Å²) in [4.78, 5) is 2.73. The van der Waals surface area contributed by atoms with Crippen LogP contribution in [-0.4, -0.2) is 12.1 Å². The van der Waals surface area contributed by atoms with Crippen molar-refractivity contribution in [3.63, 3.8) is 0 Å². The molecular formula is C18H33NOS. The third kappa shape index (κ3) is 8.60. The van der Waals surface area contributed by atoms with Crippen molar-refractivity contribution in [2.75, 3.05) is 6.61 Å². The second-order valence-corrected chi connectivity index (χ2v) is 8.16. The fraction of sp³-hybridized carbons (Fsp3) is 0.778. The number of thiophene rings is 1. The number of nitrogens with one attached hydrogen (secondary N) is 1. The number of hydrogen-bond acceptors (Lipinski definition) is 3. The Morgan fingerprint density at radius 2 is 1.90 bits per heavy atom. The summed E-state index contributed by atoms with van der Waals surface area (Å²) in [5.74, 6) is 0.729. The number of ether oxygens (including phenoxy) is 1. The van der Waals surface area contributed by atoms with Gasteiger partial charge < -0.3 is 10.1 Å². The molecule has 0 aliphatic heterocycles. The van der Waals surface area contributed by atoms with Gasteiger partial charge in [-0.1, -0.05) is 33.1 Å². The number of unbranched alkanes of at least 4 members (excludes halogenated alkanes) is 1. The van der Waals surface area contributed by atoms with Crippen LogP contribution in [0.15, 0.2) is 12.1 Å². The van der Waals surface area contributed by atoms with Crippen molar-refractivity contribution >= 4 is 11.3 Å². The smallest absolute Gasteiger partial charge is 0.0809 e. The maximum Gasteiger partial charge on any atom is 0.0809 e. The molecule has 1 aromatic heterocycles. The van der Waals surface area contributed by atoms with Crippen LogP contribution in [0.5, 0.6) is 0 Å². The predicted molar refractivity (Wildman–Crippen MR) is 93.9 cm³/mol. The van der Waals surface area contributed by atoms with Gasteiger partial charge in [0.05, 0.1) is 6.61 Å². The Labute approximate surface area is 135 Å². The predicted octanol–water partition coefficient (Wildman–Crippen LogP) is 5.37. The number of hydrogen-bond donors (Lipinski definition) is 1. The van der Waals surface area contributed by atoms with E-state index in [1.54, 1.807) is 0 Å². The highest BCUT2D eigenvalue weighted by atomic mass is 32.1. The van der Waals surface area contributed by atoms with E-state index in [4.69, 9.17) is 4.74 Å². The highest BCUT2D eigenvalue weighted by Gasteiger charge is 2.10. The van der Waals surface area contributed by atoms with Gasteiger partial charge in [-0.3, -0.25) is 0 Å². The summed E-state index contributed by atoms with van der Waals surface area (Å²) in [6.45, 7) is 13.7. The standard InChI is InChI=1S/C18H33NOS/c1-6-8-9-15(7-2)13-20-14-17-11-10-16(21-17)12-19-18(3,4)5/h10-11,15,19H,6-9,12-14H2,1-5H3. The molecule has 1 atom stereocenters. The van der Waals surface area contributed by atoms with E-state index in [2.05, 4.69) is 52.1 Å². The Morgan fingerprint density at radius 3 is 2.52 bits per heavy atom. The molecule has 0 amide bonds. The highest BCUT2D eigenvalue weighted by molar-refractivity contribution is 7.11. The van der Waals surface area contributed by atoms with Gasteiger partial charge in [0, 0.05) is 28.4 Å². The minimum atomic E-state index is 0.175. The molecule has 1 N–H and O–H groups in total. The van der Waals surface area contributed by atoms with Gasteiger partial charge in [-0.2, -0.15) is 0 Å². The maximum atomic E-state index is 5.92. The zero-order chi connectivity index (χ0) is 15.7. The van der Waals surface area contributed by atoms with Crippen LogP contribution >= 0.6 is 11.3 Å². The van der Waals surface area contributed by atoms with E-state index in [1.165, 1.54) is 35.4 Å². The van der Waals surface area contributed by atoms with Crippen LogP contribution in [0, 0.1) is 5.92 Å². The van der Waals surface area contributed by atoms with Gasteiger partial charge in [0.2, 0.25) is 0 Å². The van der Waals surface area contributed by atoms with E-state index in [-0.39, 0.29) is 5.54 Å². The first-order valence-corrected chi connectivity index (χ1v) is 9.16. The summed E-state index contributed by atoms with van der Waals surface area (Å²) in [7, 11) is 0. The first kappa shape index (κ1) is 18.7. The van der Waals surface area contributed by atoms with Crippen molar-refractivity contribution in [3.8, 4) is 0 Å². The molecule has 0 aromatic carbocycles. The minimum Gasteiger partial charge on any atom is -0.376 e. The zero-order valence-corrected chi connectivity index (χ0v) is 15.3. The fourth-order valence-corrected chi connectivity index (χ4v) is 3.07. The highest BCUT2D eigenvalue weighted by Crippen LogP contribution is 2.19. The second-order valence-electron chi connectivity index (χ2n) is 6.90. The van der Waals surface area contributed by atoms with Crippen molar-refractivity contribution < 1.29 is 4.74 Å². The first-order chi connectivity index (χ1) is 9.94. The summed E-state index contributed by atoms with van der Waals surface area (Å²) in [6.07, 6.45) is 5.14. The molecule has 0 aliphatic rings. The molecule has 2 nitrogen and oxygen atoms in total. The molecule has 1 aromatic rings. The molecule has 1 unspecified atom stereocenters. The summed E-state index contributed by atoms with van der Waals surface area (Å²) >= 11 is 1.86. The molecule has 0 saturated heterocycles. The van der Waals surface area contributed by atoms with Crippen molar-refractivity contribution in [2.24, 2.45) is 5.92 Å². The molecule has 0 radical (unpaired) electrons. The molecule has 0 bridgehead atoms. The summed E-state index contributed by atoms with van der Waals surface area (Å²) < 4.78 is 5.92. The lowest BCUT2D eigenvalue weighted by atomic mass is 10.0. The van der Waals surface area contributed by atoms with Crippen LogP contribution < -0.4 is 5.32 Å². The molecule has 3 heteroatoms. The van der Waals surface area contributed by atoms with Crippen LogP contribution in [0.2, 0.25) is 0 Å². The minimum absolute atomic E-state index is 0.175. The first-order valence-electron chi connectivity index (χ1n) is 8.35. The summed E-state index contributed by atoms with van der Waals surface area (Å²) in [5, 5.41) is 3.53. The molecule has 1 heterocycles. The van der Waals surface area contributed by atoms with Crippen LogP contribution in [0.25, 0.3) is 0 Å². The Kier molecular flexibility index (Phi) is 8.53. The van der Waals surface area contributed by atoms with Crippen molar-refractivity contribution in [1.29, 1.82) is 0 Å². The number of rotatable bonds is 10. The van der Waals surface area contributed by atoms with Crippen LogP contribution in [0.4, 0.5) is 0 Å². The quantitative estimate of drug-likeness (QED) is 0.627. The topological polar surface area (TPSA) is 21.3 Å². The summed E-state index contributed by atoms with van der Waals surface area (Å²) in [5.41, 5.74) is 0.175. The third-order valence-electron chi connectivity index (χ3n) is 3.65. The van der Waals surface area contributed by atoms with Crippen molar-refractivity contribution in [1.82, 2.24) is 5.32 Å². The Hall–Kier alpha value is -0.380. The molecule has 122 valence electrons. The molecule has 21 heavy (non-hydrogen) atoms. The van der Waals surface area contributed by atoms with Crippen LogP contribution in [0.1, 0.15) is 70.1 Å². The maximum absolute atomic E-state index is 5.92. The van der Waals surface area contributed by atoms with Gasteiger partial charge in [-0.05, 0) is 45.2 Å². The van der Waals surface area contributed by atoms with Gasteiger partial charge in [-0.15, -0.1) is 11.3 Å². The second kappa shape index (κ2) is 9.60. The Bertz CT molecular complexity index is 381. The van der Waals surface area contributed by atoms with Gasteiger partial charge >= 0.3 is 0 Å². The average molecular weight is 312 g/mol. The van der Waals surface area contributed by atoms with Crippen LogP contribution in [0.3, 0.4) is 0 Å². The van der Waals surface area contributed by atoms with Gasteiger partial charge in [0.25, 0.3) is 0 Å². The zero-order valence-electron chi connectivity index (χ0n) is 14.5. The van der Waals surface area contributed by atoms with E-state index >= 15 is 0 Å². The monoisotopic (exact) mass is 311 g/mol. The van der Waals surface area contributed by atoms with Crippen molar-refractivity contribution in [3.05, 3.63) is 21.9 Å². The van der Waals surface area contributed by atoms with Gasteiger partial charge in [-0.25, -0.2) is 0 Å². The van der Waals surface area contributed by atoms with E-state index in [0.29, 0.717) is 0 Å². The molecule has 0 fully saturated rings. The lowest BCUT2D eigenvalue weighted by Crippen LogP contribution is -2.34. The lowest BCUT2D eigenvalue weighted by molar-refractivity contribution is 0.0836. The average Bonchev–Trinajstić information content (AvgIpc) is 2.87. The molecule has 1 rings (SSSR count). The Morgan fingerprint density at radius 1 is 1.19 bits per heavy atom. The molecule has 0 aliphatic carbocycles. The Balaban J connectivity index is 2.28. The van der Waals surface area contributed by atoms with Crippen LogP contribution in [-0.2, 0) is 17.9 Å². The van der Waals surface area contributed by atoms with Gasteiger partial charge in [0.15, 0.2) is 0 Å². The normalized spacial score (nSPS) is 13.6. The van der Waals surface area contributed by atoms with E-state index in [1.807, 2.05) is 11.3 Å². The van der Waals surface area contributed by atoms with E-state index in [0.717, 1.165) is 25.7 Å². The van der Waals surface area contributed by atoms with E-state index < -0.39 is 0 Å². The lowest BCUT2D eigenvalue weighted by Gasteiger charge is -2.19. The molecule has 0 spiro atoms. The largest absolute Gasteiger partial charge is 0.376 e. The third-order valence-corrected chi connectivity index (χ3v) is 4.71. The van der Waals surface area contributed by atoms with E-state index in [9.17, 15) is 0 Å². The SMILES string of the molecule is CCCCC(CC)COCc1ccc(CNC(C)(C)C)s1. The van der Waals surface area contributed by atoms with Gasteiger partial charge in [0.1, 0.15) is 0 Å².